The molecule has 0 bridgehead atoms. The monoisotopic (exact) mass is 329 g/mol. The zero-order valence-corrected chi connectivity index (χ0v) is 13.4. The highest BCUT2D eigenvalue weighted by Gasteiger charge is 2.24. The summed E-state index contributed by atoms with van der Waals surface area (Å²) in [7, 11) is 0. The topological polar surface area (TPSA) is 54.0 Å². The van der Waals surface area contributed by atoms with Crippen molar-refractivity contribution in [3.63, 3.8) is 0 Å². The first kappa shape index (κ1) is 18.0. The Hall–Kier alpha value is -0.0100. The molecule has 1 saturated heterocycles. The van der Waals surface area contributed by atoms with Gasteiger partial charge in [-0.1, -0.05) is 0 Å². The molecule has 2 rings (SSSR count). The second kappa shape index (κ2) is 8.22. The number of aromatic nitrogens is 1. The number of carbonyl (C=O) groups is 1. The first-order valence-electron chi connectivity index (χ1n) is 5.20. The van der Waals surface area contributed by atoms with Gasteiger partial charge in [-0.15, -0.1) is 47.9 Å². The van der Waals surface area contributed by atoms with Gasteiger partial charge < -0.3 is 5.32 Å². The Bertz CT molecular complexity index is 383. The minimum atomic E-state index is -0.0477. The van der Waals surface area contributed by atoms with Crippen LogP contribution in [-0.4, -0.2) is 28.6 Å². The molecule has 0 aliphatic carbocycles. The number of amides is 1. The van der Waals surface area contributed by atoms with Crippen LogP contribution in [0.5, 0.6) is 0 Å². The highest BCUT2D eigenvalue weighted by atomic mass is 35.5. The SMILES string of the molecule is Cc1csc(C(C)NC(=O)C2CSCN2)n1.Cl.Cl. The van der Waals surface area contributed by atoms with Crippen LogP contribution in [0.4, 0.5) is 0 Å². The number of thiazole rings is 1. The van der Waals surface area contributed by atoms with Gasteiger partial charge in [-0.25, -0.2) is 4.98 Å². The van der Waals surface area contributed by atoms with Crippen molar-refractivity contribution in [3.8, 4) is 0 Å². The van der Waals surface area contributed by atoms with Crippen molar-refractivity contribution in [2.45, 2.75) is 25.9 Å². The van der Waals surface area contributed by atoms with Gasteiger partial charge >= 0.3 is 0 Å². The summed E-state index contributed by atoms with van der Waals surface area (Å²) in [4.78, 5) is 16.2. The number of halogens is 2. The molecule has 2 atom stereocenters. The molecule has 0 aromatic carbocycles. The molecule has 4 nitrogen and oxygen atoms in total. The Morgan fingerprint density at radius 1 is 1.61 bits per heavy atom. The maximum atomic E-state index is 11.8. The van der Waals surface area contributed by atoms with Gasteiger partial charge in [0.05, 0.1) is 12.1 Å². The molecule has 2 N–H and O–H groups in total. The molecule has 2 unspecified atom stereocenters. The summed E-state index contributed by atoms with van der Waals surface area (Å²) in [5.41, 5.74) is 1.01. The molecule has 0 radical (unpaired) electrons. The third kappa shape index (κ3) is 4.59. The molecule has 1 aliphatic rings. The van der Waals surface area contributed by atoms with E-state index in [1.165, 1.54) is 0 Å². The Labute approximate surface area is 128 Å². The average Bonchev–Trinajstić information content (AvgIpc) is 2.87. The van der Waals surface area contributed by atoms with E-state index >= 15 is 0 Å². The predicted molar refractivity (Wildman–Crippen MR) is 82.2 cm³/mol. The molecule has 1 fully saturated rings. The van der Waals surface area contributed by atoms with Gasteiger partial charge in [0, 0.05) is 22.7 Å². The van der Waals surface area contributed by atoms with Gasteiger partial charge in [-0.2, -0.15) is 0 Å². The lowest BCUT2D eigenvalue weighted by molar-refractivity contribution is -0.123. The summed E-state index contributed by atoms with van der Waals surface area (Å²) >= 11 is 3.34. The fourth-order valence-electron chi connectivity index (χ4n) is 1.51. The maximum Gasteiger partial charge on any atom is 0.238 e. The minimum Gasteiger partial charge on any atom is -0.346 e. The van der Waals surface area contributed by atoms with E-state index in [4.69, 9.17) is 0 Å². The molecular formula is C10H17Cl2N3OS2. The Morgan fingerprint density at radius 3 is 2.83 bits per heavy atom. The smallest absolute Gasteiger partial charge is 0.238 e. The van der Waals surface area contributed by atoms with Crippen molar-refractivity contribution in [2.75, 3.05) is 11.6 Å². The van der Waals surface area contributed by atoms with Gasteiger partial charge in [0.15, 0.2) is 0 Å². The fraction of sp³-hybridized carbons (Fsp3) is 0.600. The normalized spacial score (nSPS) is 19.6. The largest absolute Gasteiger partial charge is 0.346 e. The van der Waals surface area contributed by atoms with Gasteiger partial charge in [-0.05, 0) is 13.8 Å². The van der Waals surface area contributed by atoms with Crippen molar-refractivity contribution in [2.24, 2.45) is 0 Å². The van der Waals surface area contributed by atoms with E-state index in [0.29, 0.717) is 0 Å². The van der Waals surface area contributed by atoms with Crippen molar-refractivity contribution < 1.29 is 4.79 Å². The summed E-state index contributed by atoms with van der Waals surface area (Å²) < 4.78 is 0. The summed E-state index contributed by atoms with van der Waals surface area (Å²) in [6, 6.07) is -0.0490. The van der Waals surface area contributed by atoms with Crippen LogP contribution in [0.15, 0.2) is 5.38 Å². The molecule has 104 valence electrons. The Kier molecular flexibility index (Phi) is 8.21. The molecule has 1 aromatic heterocycles. The van der Waals surface area contributed by atoms with E-state index in [0.717, 1.165) is 22.3 Å². The maximum absolute atomic E-state index is 11.8. The first-order chi connectivity index (χ1) is 7.66. The lowest BCUT2D eigenvalue weighted by Crippen LogP contribution is -2.42. The highest BCUT2D eigenvalue weighted by molar-refractivity contribution is 7.99. The molecule has 2 heterocycles. The summed E-state index contributed by atoms with van der Waals surface area (Å²) in [6.07, 6.45) is 0. The third-order valence-corrected chi connectivity index (χ3v) is 4.48. The molecule has 18 heavy (non-hydrogen) atoms. The van der Waals surface area contributed by atoms with Gasteiger partial charge in [-0.3, -0.25) is 10.1 Å². The number of hydrogen-bond donors (Lipinski definition) is 2. The molecule has 1 aromatic rings. The minimum absolute atomic E-state index is 0. The number of nitrogens with one attached hydrogen (secondary N) is 2. The van der Waals surface area contributed by atoms with Crippen LogP contribution in [0.25, 0.3) is 0 Å². The summed E-state index contributed by atoms with van der Waals surface area (Å²) in [5.74, 6) is 1.79. The van der Waals surface area contributed by atoms with Crippen LogP contribution >= 0.6 is 47.9 Å². The van der Waals surface area contributed by atoms with E-state index in [2.05, 4.69) is 15.6 Å². The van der Waals surface area contributed by atoms with Crippen LogP contribution < -0.4 is 10.6 Å². The number of thioether (sulfide) groups is 1. The standard InChI is InChI=1S/C10H15N3OS2.2ClH/c1-6-3-16-10(12-6)7(2)13-9(14)8-4-15-5-11-8;;/h3,7-8,11H,4-5H2,1-2H3,(H,13,14);2*1H. The van der Waals surface area contributed by atoms with E-state index in [1.54, 1.807) is 23.1 Å². The van der Waals surface area contributed by atoms with E-state index in [9.17, 15) is 4.79 Å². The number of carbonyl (C=O) groups excluding carboxylic acids is 1. The second-order valence-electron chi connectivity index (χ2n) is 3.83. The van der Waals surface area contributed by atoms with Crippen molar-refractivity contribution in [3.05, 3.63) is 16.1 Å². The number of hydrogen-bond acceptors (Lipinski definition) is 5. The van der Waals surface area contributed by atoms with E-state index in [-0.39, 0.29) is 42.8 Å². The van der Waals surface area contributed by atoms with E-state index < -0.39 is 0 Å². The summed E-state index contributed by atoms with van der Waals surface area (Å²) in [5, 5.41) is 9.11. The zero-order valence-electron chi connectivity index (χ0n) is 10.1. The Balaban J connectivity index is 0.00000144. The lowest BCUT2D eigenvalue weighted by atomic mass is 10.2. The number of aryl methyl sites for hydroxylation is 1. The van der Waals surface area contributed by atoms with Gasteiger partial charge in [0.1, 0.15) is 5.01 Å². The van der Waals surface area contributed by atoms with Crippen molar-refractivity contribution >= 4 is 53.8 Å². The van der Waals surface area contributed by atoms with Crippen molar-refractivity contribution in [1.29, 1.82) is 0 Å². The zero-order chi connectivity index (χ0) is 11.5. The van der Waals surface area contributed by atoms with Gasteiger partial charge in [0.2, 0.25) is 5.91 Å². The predicted octanol–water partition coefficient (Wildman–Crippen LogP) is 2.13. The third-order valence-electron chi connectivity index (χ3n) is 2.40. The van der Waals surface area contributed by atoms with Crippen LogP contribution in [0.3, 0.4) is 0 Å². The van der Waals surface area contributed by atoms with E-state index in [1.807, 2.05) is 19.2 Å². The highest BCUT2D eigenvalue weighted by Crippen LogP contribution is 2.18. The van der Waals surface area contributed by atoms with Crippen LogP contribution in [-0.2, 0) is 4.79 Å². The molecule has 1 aliphatic heterocycles. The van der Waals surface area contributed by atoms with Crippen LogP contribution in [0, 0.1) is 6.92 Å². The molecule has 0 saturated carbocycles. The van der Waals surface area contributed by atoms with Gasteiger partial charge in [0.25, 0.3) is 0 Å². The molecule has 8 heteroatoms. The summed E-state index contributed by atoms with van der Waals surface area (Å²) in [6.45, 7) is 3.93. The van der Waals surface area contributed by atoms with Crippen LogP contribution in [0.2, 0.25) is 0 Å². The number of rotatable bonds is 3. The Morgan fingerprint density at radius 2 is 2.33 bits per heavy atom. The molecule has 0 spiro atoms. The number of nitrogens with zero attached hydrogens (tertiary/aromatic N) is 1. The molecule has 1 amide bonds. The molecular weight excluding hydrogens is 313 g/mol. The fourth-order valence-corrected chi connectivity index (χ4v) is 3.26. The average molecular weight is 330 g/mol. The van der Waals surface area contributed by atoms with Crippen LogP contribution in [0.1, 0.15) is 23.7 Å². The first-order valence-corrected chi connectivity index (χ1v) is 7.24. The van der Waals surface area contributed by atoms with Crippen molar-refractivity contribution in [1.82, 2.24) is 15.6 Å². The quantitative estimate of drug-likeness (QED) is 0.892. The second-order valence-corrected chi connectivity index (χ2v) is 5.75. The lowest BCUT2D eigenvalue weighted by Gasteiger charge is -2.14.